The minimum absolute atomic E-state index is 0.0127. The molecule has 3 aromatic rings. The molecule has 0 unspecified atom stereocenters. The molecule has 23 heavy (non-hydrogen) atoms. The van der Waals surface area contributed by atoms with Crippen molar-refractivity contribution in [2.75, 3.05) is 0 Å². The molecule has 0 saturated heterocycles. The average Bonchev–Trinajstić information content (AvgIpc) is 2.96. The summed E-state index contributed by atoms with van der Waals surface area (Å²) < 4.78 is 0. The number of nitro groups is 1. The topological polar surface area (TPSA) is 96.2 Å². The van der Waals surface area contributed by atoms with Crippen molar-refractivity contribution in [1.29, 1.82) is 0 Å². The highest BCUT2D eigenvalue weighted by atomic mass is 16.6. The molecule has 1 aromatic heterocycles. The molecule has 6 heteroatoms. The van der Waals surface area contributed by atoms with E-state index in [0.29, 0.717) is 16.5 Å². The summed E-state index contributed by atoms with van der Waals surface area (Å²) in [5.74, 6) is -0.929. The summed E-state index contributed by atoms with van der Waals surface area (Å²) in [6.45, 7) is 0. The van der Waals surface area contributed by atoms with Gasteiger partial charge in [0.1, 0.15) is 0 Å². The van der Waals surface area contributed by atoms with Gasteiger partial charge in [0, 0.05) is 24.2 Å². The van der Waals surface area contributed by atoms with E-state index in [4.69, 9.17) is 5.11 Å². The third-order valence-electron chi connectivity index (χ3n) is 3.78. The van der Waals surface area contributed by atoms with Gasteiger partial charge in [0.25, 0.3) is 5.69 Å². The fraction of sp³-hybridized carbons (Fsp3) is 0.118. The molecule has 116 valence electrons. The summed E-state index contributed by atoms with van der Waals surface area (Å²) in [4.78, 5) is 24.8. The monoisotopic (exact) mass is 310 g/mol. The van der Waals surface area contributed by atoms with Crippen LogP contribution in [0.15, 0.2) is 48.7 Å². The third kappa shape index (κ3) is 2.78. The Labute approximate surface area is 131 Å². The van der Waals surface area contributed by atoms with E-state index in [1.54, 1.807) is 12.3 Å². The van der Waals surface area contributed by atoms with E-state index in [-0.39, 0.29) is 18.5 Å². The summed E-state index contributed by atoms with van der Waals surface area (Å²) in [5.41, 5.74) is 3.09. The van der Waals surface area contributed by atoms with Gasteiger partial charge >= 0.3 is 5.97 Å². The number of carboxylic acid groups (broad SMARTS) is 1. The van der Waals surface area contributed by atoms with Crippen molar-refractivity contribution in [1.82, 2.24) is 4.98 Å². The van der Waals surface area contributed by atoms with Gasteiger partial charge in [0.2, 0.25) is 0 Å². The van der Waals surface area contributed by atoms with Crippen LogP contribution in [0.1, 0.15) is 12.0 Å². The van der Waals surface area contributed by atoms with Crippen LogP contribution in [0.3, 0.4) is 0 Å². The van der Waals surface area contributed by atoms with Crippen LogP contribution in [0.4, 0.5) is 5.69 Å². The van der Waals surface area contributed by atoms with Crippen molar-refractivity contribution in [2.24, 2.45) is 0 Å². The molecule has 1 heterocycles. The number of aromatic nitrogens is 1. The molecule has 0 amide bonds. The first-order valence-corrected chi connectivity index (χ1v) is 7.12. The summed E-state index contributed by atoms with van der Waals surface area (Å²) in [6.07, 6.45) is 1.83. The molecule has 3 rings (SSSR count). The molecule has 2 N–H and O–H groups in total. The number of nitro benzene ring substituents is 1. The molecule has 0 atom stereocenters. The lowest BCUT2D eigenvalue weighted by Gasteiger charge is -2.05. The zero-order valence-corrected chi connectivity index (χ0v) is 12.2. The molecular weight excluding hydrogens is 296 g/mol. The van der Waals surface area contributed by atoms with Crippen LogP contribution in [0, 0.1) is 10.1 Å². The van der Waals surface area contributed by atoms with Crippen LogP contribution in [-0.4, -0.2) is 21.0 Å². The van der Waals surface area contributed by atoms with Gasteiger partial charge in [0.15, 0.2) is 0 Å². The van der Waals surface area contributed by atoms with Crippen LogP contribution in [-0.2, 0) is 11.2 Å². The Morgan fingerprint density at radius 3 is 2.57 bits per heavy atom. The molecule has 0 aliphatic rings. The number of rotatable bonds is 5. The maximum absolute atomic E-state index is 11.3. The lowest BCUT2D eigenvalue weighted by molar-refractivity contribution is -0.383. The third-order valence-corrected chi connectivity index (χ3v) is 3.78. The molecule has 0 saturated carbocycles. The molecule has 2 aromatic carbocycles. The zero-order valence-electron chi connectivity index (χ0n) is 12.2. The van der Waals surface area contributed by atoms with Gasteiger partial charge < -0.3 is 10.1 Å². The minimum atomic E-state index is -0.929. The summed E-state index contributed by atoms with van der Waals surface area (Å²) in [7, 11) is 0. The summed E-state index contributed by atoms with van der Waals surface area (Å²) in [6, 6.07) is 12.7. The Bertz CT molecular complexity index is 884. The molecule has 0 aliphatic heterocycles. The first kappa shape index (κ1) is 14.8. The number of benzene rings is 2. The van der Waals surface area contributed by atoms with E-state index in [1.165, 1.54) is 6.07 Å². The predicted molar refractivity (Wildman–Crippen MR) is 86.3 cm³/mol. The number of nitrogens with one attached hydrogen (secondary N) is 1. The Morgan fingerprint density at radius 2 is 1.91 bits per heavy atom. The largest absolute Gasteiger partial charge is 0.481 e. The van der Waals surface area contributed by atoms with E-state index < -0.39 is 10.9 Å². The molecule has 0 aliphatic carbocycles. The van der Waals surface area contributed by atoms with Gasteiger partial charge in [-0.15, -0.1) is 0 Å². The fourth-order valence-corrected chi connectivity index (χ4v) is 2.75. The van der Waals surface area contributed by atoms with Crippen molar-refractivity contribution < 1.29 is 14.8 Å². The smallest absolute Gasteiger partial charge is 0.303 e. The van der Waals surface area contributed by atoms with Gasteiger partial charge in [0.05, 0.1) is 15.8 Å². The number of aryl methyl sites for hydroxylation is 1. The standard InChI is InChI=1S/C17H14N2O4/c20-15(21)9-6-12-10-18-17-13(11-4-2-1-3-5-11)7-8-14(16(12)17)19(22)23/h1-5,7-8,10,18H,6,9H2,(H,20,21). The van der Waals surface area contributed by atoms with Gasteiger partial charge in [-0.05, 0) is 23.6 Å². The van der Waals surface area contributed by atoms with Crippen molar-refractivity contribution in [2.45, 2.75) is 12.8 Å². The minimum Gasteiger partial charge on any atom is -0.481 e. The Hall–Kier alpha value is -3.15. The number of aromatic amines is 1. The molecule has 0 fully saturated rings. The first-order chi connectivity index (χ1) is 11.1. The number of carbonyl (C=O) groups is 1. The van der Waals surface area contributed by atoms with Crippen molar-refractivity contribution in [3.05, 3.63) is 64.3 Å². The molecule has 0 spiro atoms. The van der Waals surface area contributed by atoms with E-state index >= 15 is 0 Å². The number of aliphatic carboxylic acids is 1. The van der Waals surface area contributed by atoms with E-state index in [2.05, 4.69) is 4.98 Å². The van der Waals surface area contributed by atoms with Crippen LogP contribution < -0.4 is 0 Å². The van der Waals surface area contributed by atoms with Gasteiger partial charge in [-0.1, -0.05) is 30.3 Å². The number of H-pyrrole nitrogens is 1. The highest BCUT2D eigenvalue weighted by Crippen LogP contribution is 2.36. The molecule has 0 radical (unpaired) electrons. The maximum Gasteiger partial charge on any atom is 0.303 e. The second-order valence-electron chi connectivity index (χ2n) is 5.21. The maximum atomic E-state index is 11.3. The highest BCUT2D eigenvalue weighted by molar-refractivity contribution is 6.01. The van der Waals surface area contributed by atoms with Crippen LogP contribution >= 0.6 is 0 Å². The SMILES string of the molecule is O=C(O)CCc1c[nH]c2c(-c3ccccc3)ccc([N+](=O)[O-])c12. The second-order valence-corrected chi connectivity index (χ2v) is 5.21. The van der Waals surface area contributed by atoms with Crippen LogP contribution in [0.25, 0.3) is 22.0 Å². The van der Waals surface area contributed by atoms with Gasteiger partial charge in [-0.25, -0.2) is 0 Å². The Balaban J connectivity index is 2.21. The normalized spacial score (nSPS) is 10.8. The van der Waals surface area contributed by atoms with Crippen LogP contribution in [0.5, 0.6) is 0 Å². The molecular formula is C17H14N2O4. The molecule has 0 bridgehead atoms. The zero-order chi connectivity index (χ0) is 16.4. The van der Waals surface area contributed by atoms with E-state index in [0.717, 1.165) is 11.1 Å². The van der Waals surface area contributed by atoms with E-state index in [9.17, 15) is 14.9 Å². The molecule has 6 nitrogen and oxygen atoms in total. The number of hydrogen-bond donors (Lipinski definition) is 2. The fourth-order valence-electron chi connectivity index (χ4n) is 2.75. The lowest BCUT2D eigenvalue weighted by Crippen LogP contribution is -1.98. The van der Waals surface area contributed by atoms with Crippen molar-refractivity contribution >= 4 is 22.6 Å². The predicted octanol–water partition coefficient (Wildman–Crippen LogP) is 3.76. The first-order valence-electron chi connectivity index (χ1n) is 7.12. The lowest BCUT2D eigenvalue weighted by atomic mass is 9.99. The second kappa shape index (κ2) is 5.92. The number of nitrogens with zero attached hydrogens (tertiary/aromatic N) is 1. The summed E-state index contributed by atoms with van der Waals surface area (Å²) in [5, 5.41) is 20.7. The quantitative estimate of drug-likeness (QED) is 0.554. The van der Waals surface area contributed by atoms with Crippen molar-refractivity contribution in [3.8, 4) is 11.1 Å². The summed E-state index contributed by atoms with van der Waals surface area (Å²) >= 11 is 0. The van der Waals surface area contributed by atoms with E-state index in [1.807, 2.05) is 30.3 Å². The Kier molecular flexibility index (Phi) is 3.80. The van der Waals surface area contributed by atoms with Crippen LogP contribution in [0.2, 0.25) is 0 Å². The van der Waals surface area contributed by atoms with Gasteiger partial charge in [-0.2, -0.15) is 0 Å². The average molecular weight is 310 g/mol. The number of non-ortho nitro benzene ring substituents is 1. The Morgan fingerprint density at radius 1 is 1.17 bits per heavy atom. The van der Waals surface area contributed by atoms with Crippen molar-refractivity contribution in [3.63, 3.8) is 0 Å². The number of carboxylic acids is 1. The number of hydrogen-bond acceptors (Lipinski definition) is 3. The highest BCUT2D eigenvalue weighted by Gasteiger charge is 2.20. The number of fused-ring (bicyclic) bond motifs is 1. The van der Waals surface area contributed by atoms with Gasteiger partial charge in [-0.3, -0.25) is 14.9 Å².